The van der Waals surface area contributed by atoms with Gasteiger partial charge in [0.05, 0.1) is 19.8 Å². The highest BCUT2D eigenvalue weighted by Crippen LogP contribution is 2.05. The first-order valence-electron chi connectivity index (χ1n) is 4.48. The van der Waals surface area contributed by atoms with Crippen molar-refractivity contribution in [3.05, 3.63) is 0 Å². The van der Waals surface area contributed by atoms with Gasteiger partial charge >= 0.3 is 0 Å². The number of hydrogen-bond acceptors (Lipinski definition) is 3. The number of ketones is 1. The van der Waals surface area contributed by atoms with Crippen LogP contribution in [0.25, 0.3) is 0 Å². The lowest BCUT2D eigenvalue weighted by molar-refractivity contribution is -0.118. The lowest BCUT2D eigenvalue weighted by atomic mass is 10.2. The summed E-state index contributed by atoms with van der Waals surface area (Å²) < 4.78 is 5.37. The van der Waals surface area contributed by atoms with Crippen LogP contribution in [0.5, 0.6) is 0 Å². The van der Waals surface area contributed by atoms with Crippen molar-refractivity contribution >= 4 is 5.78 Å². The van der Waals surface area contributed by atoms with Gasteiger partial charge in [-0.3, -0.25) is 9.69 Å². The molecule has 1 rings (SSSR count). The van der Waals surface area contributed by atoms with Crippen LogP contribution in [-0.2, 0) is 9.53 Å². The summed E-state index contributed by atoms with van der Waals surface area (Å²) in [7, 11) is 0. The fraction of sp³-hybridized carbons (Fsp3) is 0.889. The minimum absolute atomic E-state index is 0.240. The summed E-state index contributed by atoms with van der Waals surface area (Å²) in [6.45, 7) is 7.83. The Bertz CT molecular complexity index is 159. The number of hydrogen-bond donors (Lipinski definition) is 0. The highest BCUT2D eigenvalue weighted by molar-refractivity contribution is 5.77. The van der Waals surface area contributed by atoms with Gasteiger partial charge in [-0.05, 0) is 12.8 Å². The van der Waals surface area contributed by atoms with E-state index < -0.39 is 0 Å². The normalized spacial score (nSPS) is 26.7. The molecule has 0 bridgehead atoms. The smallest absolute Gasteiger partial charge is 0.143 e. The Morgan fingerprint density at radius 3 is 3.08 bits per heavy atom. The second-order valence-electron chi connectivity index (χ2n) is 3.62. The molecule has 3 heteroatoms. The van der Waals surface area contributed by atoms with Crippen molar-refractivity contribution < 1.29 is 9.53 Å². The Balaban J connectivity index is 2.35. The van der Waals surface area contributed by atoms with Crippen LogP contribution >= 0.6 is 0 Å². The first-order valence-corrected chi connectivity index (χ1v) is 4.48. The summed E-state index contributed by atoms with van der Waals surface area (Å²) >= 11 is 0. The zero-order valence-corrected chi connectivity index (χ0v) is 7.88. The van der Waals surface area contributed by atoms with Crippen LogP contribution in [0, 0.1) is 5.92 Å². The summed E-state index contributed by atoms with van der Waals surface area (Å²) in [5, 5.41) is 0. The zero-order valence-electron chi connectivity index (χ0n) is 7.88. The molecular weight excluding hydrogens is 154 g/mol. The van der Waals surface area contributed by atoms with E-state index in [1.807, 2.05) is 0 Å². The molecule has 1 saturated heterocycles. The van der Waals surface area contributed by atoms with Crippen molar-refractivity contribution in [3.8, 4) is 0 Å². The summed E-state index contributed by atoms with van der Waals surface area (Å²) in [6.07, 6.45) is 0. The van der Waals surface area contributed by atoms with Gasteiger partial charge in [0.15, 0.2) is 0 Å². The van der Waals surface area contributed by atoms with Crippen molar-refractivity contribution in [2.45, 2.75) is 13.8 Å². The van der Waals surface area contributed by atoms with E-state index in [1.54, 1.807) is 6.92 Å². The Hall–Kier alpha value is -0.410. The summed E-state index contributed by atoms with van der Waals surface area (Å²) in [6, 6.07) is 0. The number of Topliss-reactive ketones (excluding diaryl/α,β-unsaturated/α-hetero) is 1. The number of rotatable bonds is 2. The molecule has 0 aromatic rings. The third-order valence-electron chi connectivity index (χ3n) is 1.97. The number of carbonyl (C=O) groups is 1. The average Bonchev–Trinajstić information content (AvgIpc) is 2.12. The molecule has 1 atom stereocenters. The monoisotopic (exact) mass is 171 g/mol. The molecule has 3 nitrogen and oxygen atoms in total. The van der Waals surface area contributed by atoms with Crippen LogP contribution in [0.15, 0.2) is 0 Å². The van der Waals surface area contributed by atoms with E-state index >= 15 is 0 Å². The predicted octanol–water partition coefficient (Wildman–Crippen LogP) is 0.544. The van der Waals surface area contributed by atoms with Crippen LogP contribution in [0.4, 0.5) is 0 Å². The highest BCUT2D eigenvalue weighted by atomic mass is 16.5. The van der Waals surface area contributed by atoms with Gasteiger partial charge in [-0.1, -0.05) is 6.92 Å². The molecule has 1 heterocycles. The van der Waals surface area contributed by atoms with E-state index in [-0.39, 0.29) is 5.78 Å². The van der Waals surface area contributed by atoms with Gasteiger partial charge in [-0.2, -0.15) is 0 Å². The highest BCUT2D eigenvalue weighted by Gasteiger charge is 2.15. The molecule has 12 heavy (non-hydrogen) atoms. The molecule has 1 aliphatic heterocycles. The number of ether oxygens (including phenoxy) is 1. The van der Waals surface area contributed by atoms with E-state index in [1.165, 1.54) is 0 Å². The molecule has 1 fully saturated rings. The van der Waals surface area contributed by atoms with Gasteiger partial charge in [0.25, 0.3) is 0 Å². The zero-order chi connectivity index (χ0) is 8.97. The minimum atomic E-state index is 0.240. The predicted molar refractivity (Wildman–Crippen MR) is 47.1 cm³/mol. The lowest BCUT2D eigenvalue weighted by Crippen LogP contribution is -2.33. The van der Waals surface area contributed by atoms with Gasteiger partial charge in [0.2, 0.25) is 0 Å². The average molecular weight is 171 g/mol. The van der Waals surface area contributed by atoms with Crippen molar-refractivity contribution in [1.82, 2.24) is 4.90 Å². The van der Waals surface area contributed by atoms with E-state index in [0.29, 0.717) is 12.5 Å². The summed E-state index contributed by atoms with van der Waals surface area (Å²) in [5.74, 6) is 0.788. The molecule has 0 saturated carbocycles. The Morgan fingerprint density at radius 2 is 2.42 bits per heavy atom. The number of nitrogens with zero attached hydrogens (tertiary/aromatic N) is 1. The molecule has 0 spiro atoms. The fourth-order valence-corrected chi connectivity index (χ4v) is 1.52. The van der Waals surface area contributed by atoms with Gasteiger partial charge in [-0.25, -0.2) is 0 Å². The van der Waals surface area contributed by atoms with E-state index in [2.05, 4.69) is 11.8 Å². The van der Waals surface area contributed by atoms with Crippen LogP contribution in [-0.4, -0.2) is 43.5 Å². The van der Waals surface area contributed by atoms with Crippen LogP contribution in [0.2, 0.25) is 0 Å². The maximum absolute atomic E-state index is 10.8. The van der Waals surface area contributed by atoms with E-state index in [4.69, 9.17) is 4.74 Å². The second-order valence-corrected chi connectivity index (χ2v) is 3.62. The van der Waals surface area contributed by atoms with Crippen molar-refractivity contribution in [1.29, 1.82) is 0 Å². The standard InChI is InChI=1S/C9H17NO2/c1-8-5-10(6-9(2)11)3-4-12-7-8/h8H,3-7H2,1-2H3. The van der Waals surface area contributed by atoms with Gasteiger partial charge in [-0.15, -0.1) is 0 Å². The van der Waals surface area contributed by atoms with Crippen LogP contribution < -0.4 is 0 Å². The summed E-state index contributed by atoms with van der Waals surface area (Å²) in [4.78, 5) is 13.0. The fourth-order valence-electron chi connectivity index (χ4n) is 1.52. The second kappa shape index (κ2) is 4.58. The molecule has 70 valence electrons. The molecule has 0 amide bonds. The minimum Gasteiger partial charge on any atom is -0.380 e. The quantitative estimate of drug-likeness (QED) is 0.607. The molecule has 0 radical (unpaired) electrons. The molecule has 0 aromatic heterocycles. The summed E-state index contributed by atoms with van der Waals surface area (Å²) in [5.41, 5.74) is 0. The van der Waals surface area contributed by atoms with E-state index in [9.17, 15) is 4.79 Å². The maximum atomic E-state index is 10.8. The molecular formula is C9H17NO2. The van der Waals surface area contributed by atoms with E-state index in [0.717, 1.165) is 26.3 Å². The largest absolute Gasteiger partial charge is 0.380 e. The van der Waals surface area contributed by atoms with Gasteiger partial charge in [0.1, 0.15) is 5.78 Å². The van der Waals surface area contributed by atoms with Crippen molar-refractivity contribution in [2.24, 2.45) is 5.92 Å². The molecule has 0 N–H and O–H groups in total. The third kappa shape index (κ3) is 3.32. The van der Waals surface area contributed by atoms with Gasteiger partial charge in [0, 0.05) is 13.1 Å². The third-order valence-corrected chi connectivity index (χ3v) is 1.97. The Labute approximate surface area is 73.7 Å². The van der Waals surface area contributed by atoms with Crippen LogP contribution in [0.1, 0.15) is 13.8 Å². The number of carbonyl (C=O) groups excluding carboxylic acids is 1. The Kier molecular flexibility index (Phi) is 3.69. The van der Waals surface area contributed by atoms with Crippen LogP contribution in [0.3, 0.4) is 0 Å². The van der Waals surface area contributed by atoms with Crippen molar-refractivity contribution in [3.63, 3.8) is 0 Å². The molecule has 0 aliphatic carbocycles. The SMILES string of the molecule is CC(=O)CN1CCOCC(C)C1. The lowest BCUT2D eigenvalue weighted by Gasteiger charge is -2.19. The maximum Gasteiger partial charge on any atom is 0.143 e. The first-order chi connectivity index (χ1) is 5.68. The van der Waals surface area contributed by atoms with Gasteiger partial charge < -0.3 is 4.74 Å². The Morgan fingerprint density at radius 1 is 1.67 bits per heavy atom. The van der Waals surface area contributed by atoms with Crippen molar-refractivity contribution in [2.75, 3.05) is 32.8 Å². The molecule has 0 aromatic carbocycles. The molecule has 1 unspecified atom stereocenters. The molecule has 1 aliphatic rings. The topological polar surface area (TPSA) is 29.5 Å². The first kappa shape index (κ1) is 9.68.